The van der Waals surface area contributed by atoms with Gasteiger partial charge in [-0.3, -0.25) is 14.3 Å². The molecule has 0 aromatic heterocycles. The van der Waals surface area contributed by atoms with Crippen LogP contribution >= 0.6 is 0 Å². The maximum Gasteiger partial charge on any atom is 0.325 e. The van der Waals surface area contributed by atoms with Gasteiger partial charge in [0.2, 0.25) is 5.91 Å². The van der Waals surface area contributed by atoms with E-state index in [0.717, 1.165) is 23.3 Å². The van der Waals surface area contributed by atoms with Crippen LogP contribution in [0, 0.1) is 13.8 Å². The molecule has 34 heavy (non-hydrogen) atoms. The fourth-order valence-corrected chi connectivity index (χ4v) is 5.88. The number of amides is 4. The number of anilines is 2. The van der Waals surface area contributed by atoms with Crippen molar-refractivity contribution in [1.29, 1.82) is 0 Å². The molecule has 2 aliphatic rings. The Hall–Kier alpha value is -3.40. The third-order valence-corrected chi connectivity index (χ3v) is 7.96. The second kappa shape index (κ2) is 8.75. The molecule has 9 nitrogen and oxygen atoms in total. The third-order valence-electron chi connectivity index (χ3n) is 6.43. The quantitative estimate of drug-likeness (QED) is 0.543. The first-order valence-electron chi connectivity index (χ1n) is 11.2. The molecule has 1 heterocycles. The SMILES string of the molecule is Cc1cccc(NS(=O)(=O)c2cc(NC(=O)C(C)N3C(=O)NC4(CCCC4)C3=O)ccc2C)c1. The molecule has 4 rings (SSSR count). The normalized spacial score (nSPS) is 18.1. The molecule has 180 valence electrons. The van der Waals surface area contributed by atoms with Gasteiger partial charge in [-0.25, -0.2) is 18.1 Å². The van der Waals surface area contributed by atoms with Crippen molar-refractivity contribution in [3.8, 4) is 0 Å². The number of rotatable bonds is 6. The van der Waals surface area contributed by atoms with Crippen molar-refractivity contribution in [3.05, 3.63) is 53.6 Å². The summed E-state index contributed by atoms with van der Waals surface area (Å²) in [5.41, 5.74) is 1.19. The summed E-state index contributed by atoms with van der Waals surface area (Å²) in [5.74, 6) is -0.968. The van der Waals surface area contributed by atoms with E-state index in [1.165, 1.54) is 13.0 Å². The molecule has 2 fully saturated rings. The molecule has 1 atom stereocenters. The highest BCUT2D eigenvalue weighted by Crippen LogP contribution is 2.36. The van der Waals surface area contributed by atoms with Gasteiger partial charge in [-0.2, -0.15) is 0 Å². The van der Waals surface area contributed by atoms with Crippen LogP contribution in [0.15, 0.2) is 47.4 Å². The predicted octanol–water partition coefficient (Wildman–Crippen LogP) is 3.30. The molecule has 2 aromatic rings. The van der Waals surface area contributed by atoms with Crippen LogP contribution in [0.4, 0.5) is 16.2 Å². The summed E-state index contributed by atoms with van der Waals surface area (Å²) in [4.78, 5) is 39.3. The lowest BCUT2D eigenvalue weighted by atomic mass is 9.97. The van der Waals surface area contributed by atoms with E-state index in [4.69, 9.17) is 0 Å². The molecular formula is C24H28N4O5S. The van der Waals surface area contributed by atoms with Crippen molar-refractivity contribution in [3.63, 3.8) is 0 Å². The molecule has 1 saturated carbocycles. The number of urea groups is 1. The lowest BCUT2D eigenvalue weighted by molar-refractivity contribution is -0.136. The molecule has 1 spiro atoms. The minimum atomic E-state index is -3.92. The number of benzene rings is 2. The highest BCUT2D eigenvalue weighted by molar-refractivity contribution is 7.92. The van der Waals surface area contributed by atoms with Crippen molar-refractivity contribution >= 4 is 39.2 Å². The lowest BCUT2D eigenvalue weighted by Gasteiger charge is -2.23. The number of carbonyl (C=O) groups excluding carboxylic acids is 3. The van der Waals surface area contributed by atoms with Gasteiger partial charge < -0.3 is 10.6 Å². The molecule has 0 bridgehead atoms. The first kappa shape index (κ1) is 23.7. The number of imide groups is 1. The highest BCUT2D eigenvalue weighted by Gasteiger charge is 2.54. The second-order valence-corrected chi connectivity index (χ2v) is 10.7. The van der Waals surface area contributed by atoms with Gasteiger partial charge in [0.1, 0.15) is 11.6 Å². The molecule has 2 aromatic carbocycles. The summed E-state index contributed by atoms with van der Waals surface area (Å²) < 4.78 is 28.6. The van der Waals surface area contributed by atoms with Gasteiger partial charge in [0.25, 0.3) is 15.9 Å². The van der Waals surface area contributed by atoms with E-state index in [1.54, 1.807) is 37.3 Å². The zero-order chi connectivity index (χ0) is 24.7. The Bertz CT molecular complexity index is 1270. The summed E-state index contributed by atoms with van der Waals surface area (Å²) in [6.45, 7) is 5.00. The molecule has 10 heteroatoms. The van der Waals surface area contributed by atoms with Gasteiger partial charge >= 0.3 is 6.03 Å². The molecule has 1 saturated heterocycles. The Kier molecular flexibility index (Phi) is 6.11. The summed E-state index contributed by atoms with van der Waals surface area (Å²) in [6, 6.07) is 9.88. The summed E-state index contributed by atoms with van der Waals surface area (Å²) in [5, 5.41) is 5.41. The van der Waals surface area contributed by atoms with E-state index in [-0.39, 0.29) is 16.5 Å². The number of hydrogen-bond acceptors (Lipinski definition) is 5. The zero-order valence-corrected chi connectivity index (χ0v) is 20.2. The molecule has 1 aliphatic heterocycles. The van der Waals surface area contributed by atoms with Crippen LogP contribution in [0.1, 0.15) is 43.7 Å². The summed E-state index contributed by atoms with van der Waals surface area (Å²) in [7, 11) is -3.92. The van der Waals surface area contributed by atoms with E-state index in [1.807, 2.05) is 13.0 Å². The van der Waals surface area contributed by atoms with Gasteiger partial charge in [-0.05, 0) is 69.0 Å². The number of sulfonamides is 1. The smallest absolute Gasteiger partial charge is 0.324 e. The fraction of sp³-hybridized carbons (Fsp3) is 0.375. The largest absolute Gasteiger partial charge is 0.325 e. The Morgan fingerprint density at radius 2 is 1.76 bits per heavy atom. The average molecular weight is 485 g/mol. The predicted molar refractivity (Wildman–Crippen MR) is 128 cm³/mol. The van der Waals surface area contributed by atoms with Crippen LogP contribution in [0.3, 0.4) is 0 Å². The standard InChI is InChI=1S/C24H28N4O5S/c1-15-7-6-8-19(13-15)27-34(32,33)20-14-18(10-9-16(20)2)25-21(29)17(3)28-22(30)24(26-23(28)31)11-4-5-12-24/h6-10,13-14,17,27H,4-5,11-12H2,1-3H3,(H,25,29)(H,26,31). The van der Waals surface area contributed by atoms with E-state index >= 15 is 0 Å². The van der Waals surface area contributed by atoms with Crippen LogP contribution in [-0.2, 0) is 19.6 Å². The van der Waals surface area contributed by atoms with E-state index in [9.17, 15) is 22.8 Å². The number of carbonyl (C=O) groups is 3. The number of hydrogen-bond donors (Lipinski definition) is 3. The first-order chi connectivity index (χ1) is 16.0. The third kappa shape index (κ3) is 4.37. The van der Waals surface area contributed by atoms with Crippen molar-refractivity contribution < 1.29 is 22.8 Å². The van der Waals surface area contributed by atoms with Crippen LogP contribution in [0.5, 0.6) is 0 Å². The van der Waals surface area contributed by atoms with Gasteiger partial charge in [-0.1, -0.05) is 31.0 Å². The zero-order valence-electron chi connectivity index (χ0n) is 19.3. The molecule has 3 N–H and O–H groups in total. The van der Waals surface area contributed by atoms with Crippen molar-refractivity contribution in [2.75, 3.05) is 10.0 Å². The van der Waals surface area contributed by atoms with Crippen molar-refractivity contribution in [2.45, 2.75) is 62.9 Å². The van der Waals surface area contributed by atoms with E-state index in [0.29, 0.717) is 24.1 Å². The molecule has 1 unspecified atom stereocenters. The summed E-state index contributed by atoms with van der Waals surface area (Å²) in [6.07, 6.45) is 2.82. The van der Waals surface area contributed by atoms with E-state index in [2.05, 4.69) is 15.4 Å². The van der Waals surface area contributed by atoms with Gasteiger partial charge in [0.05, 0.1) is 4.90 Å². The monoisotopic (exact) mass is 484 g/mol. The minimum Gasteiger partial charge on any atom is -0.324 e. The summed E-state index contributed by atoms with van der Waals surface area (Å²) >= 11 is 0. The Balaban J connectivity index is 1.52. The molecule has 1 aliphatic carbocycles. The lowest BCUT2D eigenvalue weighted by Crippen LogP contribution is -2.48. The van der Waals surface area contributed by atoms with Gasteiger partial charge in [0.15, 0.2) is 0 Å². The fourth-order valence-electron chi connectivity index (χ4n) is 4.56. The Labute approximate surface area is 199 Å². The number of nitrogens with zero attached hydrogens (tertiary/aromatic N) is 1. The number of nitrogens with one attached hydrogen (secondary N) is 3. The first-order valence-corrected chi connectivity index (χ1v) is 12.7. The van der Waals surface area contributed by atoms with Crippen molar-refractivity contribution in [2.24, 2.45) is 0 Å². The second-order valence-electron chi connectivity index (χ2n) is 9.01. The molecule has 4 amide bonds. The molecular weight excluding hydrogens is 456 g/mol. The van der Waals surface area contributed by atoms with E-state index < -0.39 is 33.5 Å². The number of aryl methyl sites for hydroxylation is 2. The maximum atomic E-state index is 13.0. The Morgan fingerprint density at radius 1 is 1.06 bits per heavy atom. The van der Waals surface area contributed by atoms with Gasteiger partial charge in [0, 0.05) is 11.4 Å². The maximum absolute atomic E-state index is 13.0. The van der Waals surface area contributed by atoms with Crippen molar-refractivity contribution in [1.82, 2.24) is 10.2 Å². The average Bonchev–Trinajstić information content (AvgIpc) is 3.33. The van der Waals surface area contributed by atoms with Crippen LogP contribution in [0.25, 0.3) is 0 Å². The van der Waals surface area contributed by atoms with Crippen LogP contribution in [-0.4, -0.2) is 42.7 Å². The van der Waals surface area contributed by atoms with Crippen LogP contribution in [0.2, 0.25) is 0 Å². The van der Waals surface area contributed by atoms with Crippen LogP contribution < -0.4 is 15.4 Å². The van der Waals surface area contributed by atoms with Gasteiger partial charge in [-0.15, -0.1) is 0 Å². The Morgan fingerprint density at radius 3 is 2.44 bits per heavy atom. The topological polar surface area (TPSA) is 125 Å². The highest BCUT2D eigenvalue weighted by atomic mass is 32.2. The molecule has 0 radical (unpaired) electrons. The minimum absolute atomic E-state index is 0.0133.